The third-order valence-corrected chi connectivity index (χ3v) is 4.69. The van der Waals surface area contributed by atoms with Gasteiger partial charge in [0.15, 0.2) is 0 Å². The van der Waals surface area contributed by atoms with E-state index in [-0.39, 0.29) is 19.6 Å². The van der Waals surface area contributed by atoms with Crippen LogP contribution in [0.25, 0.3) is 0 Å². The van der Waals surface area contributed by atoms with Gasteiger partial charge in [0.2, 0.25) is 11.8 Å². The van der Waals surface area contributed by atoms with Crippen LogP contribution in [-0.4, -0.2) is 54.1 Å². The summed E-state index contributed by atoms with van der Waals surface area (Å²) in [5.41, 5.74) is -1.13. The third-order valence-electron chi connectivity index (χ3n) is 4.69. The van der Waals surface area contributed by atoms with Crippen molar-refractivity contribution in [3.05, 3.63) is 0 Å². The van der Waals surface area contributed by atoms with Crippen LogP contribution in [0.15, 0.2) is 0 Å². The first-order valence-electron chi connectivity index (χ1n) is 8.50. The monoisotopic (exact) mass is 364 g/mol. The number of amides is 2. The molecule has 1 N–H and O–H groups in total. The number of nitrogens with one attached hydrogen (secondary N) is 1. The maximum atomic E-state index is 12.5. The van der Waals surface area contributed by atoms with Crippen LogP contribution in [0, 0.1) is 5.92 Å². The molecule has 1 saturated heterocycles. The lowest BCUT2D eigenvalue weighted by Crippen LogP contribution is -2.57. The Balaban J connectivity index is 2.04. The van der Waals surface area contributed by atoms with Crippen LogP contribution in [-0.2, 0) is 19.1 Å². The Labute approximate surface area is 144 Å². The number of rotatable bonds is 5. The highest BCUT2D eigenvalue weighted by molar-refractivity contribution is 5.93. The van der Waals surface area contributed by atoms with E-state index in [1.165, 1.54) is 0 Å². The van der Waals surface area contributed by atoms with Crippen LogP contribution in [0.4, 0.5) is 13.2 Å². The first-order chi connectivity index (χ1) is 11.7. The van der Waals surface area contributed by atoms with Gasteiger partial charge in [-0.1, -0.05) is 19.3 Å². The molecule has 2 fully saturated rings. The second-order valence-corrected chi connectivity index (χ2v) is 6.64. The van der Waals surface area contributed by atoms with Gasteiger partial charge in [-0.3, -0.25) is 9.59 Å². The van der Waals surface area contributed by atoms with Crippen molar-refractivity contribution in [2.45, 2.75) is 57.2 Å². The molecule has 0 aromatic carbocycles. The predicted octanol–water partition coefficient (Wildman–Crippen LogP) is 1.78. The number of carbonyl (C=O) groups is 3. The fourth-order valence-corrected chi connectivity index (χ4v) is 3.46. The highest BCUT2D eigenvalue weighted by Crippen LogP contribution is 2.31. The summed E-state index contributed by atoms with van der Waals surface area (Å²) >= 11 is 0. The Kier molecular flexibility index (Phi) is 5.95. The van der Waals surface area contributed by atoms with Crippen LogP contribution in [0.2, 0.25) is 0 Å². The summed E-state index contributed by atoms with van der Waals surface area (Å²) in [6.07, 6.45) is -1.46. The minimum Gasteiger partial charge on any atom is -0.464 e. The molecule has 0 spiro atoms. The van der Waals surface area contributed by atoms with E-state index in [0.717, 1.165) is 19.3 Å². The molecule has 0 aromatic rings. The van der Waals surface area contributed by atoms with Crippen LogP contribution in [0.3, 0.4) is 0 Å². The normalized spacial score (nSPS) is 23.4. The first kappa shape index (κ1) is 19.5. The highest BCUT2D eigenvalue weighted by Gasteiger charge is 2.46. The highest BCUT2D eigenvalue weighted by atomic mass is 19.4. The van der Waals surface area contributed by atoms with Gasteiger partial charge >= 0.3 is 12.1 Å². The molecule has 1 aliphatic heterocycles. The summed E-state index contributed by atoms with van der Waals surface area (Å²) < 4.78 is 42.5. The molecule has 1 aliphatic carbocycles. The Hall–Kier alpha value is -1.80. The topological polar surface area (TPSA) is 75.7 Å². The predicted molar refractivity (Wildman–Crippen MR) is 81.3 cm³/mol. The van der Waals surface area contributed by atoms with Gasteiger partial charge < -0.3 is 15.0 Å². The molecule has 1 atom stereocenters. The van der Waals surface area contributed by atoms with E-state index >= 15 is 0 Å². The number of esters is 1. The lowest BCUT2D eigenvalue weighted by molar-refractivity contribution is -0.157. The van der Waals surface area contributed by atoms with Crippen LogP contribution in [0.5, 0.6) is 0 Å². The minimum atomic E-state index is -4.50. The molecule has 9 heteroatoms. The third kappa shape index (κ3) is 4.85. The quantitative estimate of drug-likeness (QED) is 0.755. The number of hydrogen-bond donors (Lipinski definition) is 1. The molecule has 25 heavy (non-hydrogen) atoms. The van der Waals surface area contributed by atoms with Crippen molar-refractivity contribution in [2.24, 2.45) is 5.92 Å². The van der Waals surface area contributed by atoms with Gasteiger partial charge in [-0.25, -0.2) is 4.79 Å². The number of hydrogen-bond acceptors (Lipinski definition) is 4. The average molecular weight is 364 g/mol. The Morgan fingerprint density at radius 2 is 1.92 bits per heavy atom. The van der Waals surface area contributed by atoms with Gasteiger partial charge in [-0.05, 0) is 19.8 Å². The molecule has 1 heterocycles. The smallest absolute Gasteiger partial charge is 0.406 e. The van der Waals surface area contributed by atoms with Gasteiger partial charge in [-0.15, -0.1) is 0 Å². The molecular formula is C16H23F3N2O4. The largest absolute Gasteiger partial charge is 0.464 e. The van der Waals surface area contributed by atoms with Crippen molar-refractivity contribution in [3.63, 3.8) is 0 Å². The van der Waals surface area contributed by atoms with Crippen LogP contribution >= 0.6 is 0 Å². The maximum Gasteiger partial charge on any atom is 0.406 e. The standard InChI is InChI=1S/C16H23F3N2O4/c1-2-25-14(24)15(6-4-3-5-7-15)20-13(23)11-8-12(22)21(9-11)10-16(17,18)19/h11H,2-10H2,1H3,(H,20,23). The van der Waals surface area contributed by atoms with E-state index in [0.29, 0.717) is 17.7 Å². The first-order valence-corrected chi connectivity index (χ1v) is 8.50. The average Bonchev–Trinajstić information content (AvgIpc) is 2.87. The molecule has 6 nitrogen and oxygen atoms in total. The molecule has 142 valence electrons. The Morgan fingerprint density at radius 3 is 2.48 bits per heavy atom. The van der Waals surface area contributed by atoms with Gasteiger partial charge in [-0.2, -0.15) is 13.2 Å². The lowest BCUT2D eigenvalue weighted by atomic mass is 9.81. The molecule has 2 aliphatic rings. The van der Waals surface area contributed by atoms with E-state index in [9.17, 15) is 27.6 Å². The molecule has 2 rings (SSSR count). The van der Waals surface area contributed by atoms with Gasteiger partial charge in [0, 0.05) is 13.0 Å². The maximum absolute atomic E-state index is 12.5. The SMILES string of the molecule is CCOC(=O)C1(NC(=O)C2CC(=O)N(CC(F)(F)F)C2)CCCCC1. The molecule has 0 bridgehead atoms. The molecule has 1 unspecified atom stereocenters. The molecule has 2 amide bonds. The van der Waals surface area contributed by atoms with Gasteiger partial charge in [0.1, 0.15) is 12.1 Å². The van der Waals surface area contributed by atoms with E-state index in [2.05, 4.69) is 5.32 Å². The van der Waals surface area contributed by atoms with Crippen molar-refractivity contribution in [3.8, 4) is 0 Å². The van der Waals surface area contributed by atoms with E-state index in [1.54, 1.807) is 6.92 Å². The molecular weight excluding hydrogens is 341 g/mol. The minimum absolute atomic E-state index is 0.178. The zero-order valence-corrected chi connectivity index (χ0v) is 14.2. The summed E-state index contributed by atoms with van der Waals surface area (Å²) in [5.74, 6) is -2.66. The van der Waals surface area contributed by atoms with Gasteiger partial charge in [0.25, 0.3) is 0 Å². The Morgan fingerprint density at radius 1 is 1.28 bits per heavy atom. The fourth-order valence-electron chi connectivity index (χ4n) is 3.46. The van der Waals surface area contributed by atoms with E-state index in [1.807, 2.05) is 0 Å². The fraction of sp³-hybridized carbons (Fsp3) is 0.812. The van der Waals surface area contributed by atoms with Crippen molar-refractivity contribution in [1.29, 1.82) is 0 Å². The van der Waals surface area contributed by atoms with Crippen molar-refractivity contribution >= 4 is 17.8 Å². The van der Waals surface area contributed by atoms with Crippen molar-refractivity contribution < 1.29 is 32.3 Å². The van der Waals surface area contributed by atoms with Crippen LogP contribution in [0.1, 0.15) is 45.4 Å². The summed E-state index contributed by atoms with van der Waals surface area (Å²) in [6.45, 7) is 0.195. The second-order valence-electron chi connectivity index (χ2n) is 6.64. The number of halogens is 3. The zero-order chi connectivity index (χ0) is 18.7. The number of alkyl halides is 3. The zero-order valence-electron chi connectivity index (χ0n) is 14.2. The van der Waals surface area contributed by atoms with Crippen molar-refractivity contribution in [2.75, 3.05) is 19.7 Å². The van der Waals surface area contributed by atoms with Crippen LogP contribution < -0.4 is 5.32 Å². The second kappa shape index (κ2) is 7.61. The summed E-state index contributed by atoms with van der Waals surface area (Å²) in [7, 11) is 0. The number of carbonyl (C=O) groups excluding carboxylic acids is 3. The summed E-state index contributed by atoms with van der Waals surface area (Å²) in [6, 6.07) is 0. The van der Waals surface area contributed by atoms with E-state index < -0.39 is 42.0 Å². The summed E-state index contributed by atoms with van der Waals surface area (Å²) in [4.78, 5) is 37.2. The Bertz CT molecular complexity index is 530. The van der Waals surface area contributed by atoms with E-state index in [4.69, 9.17) is 4.74 Å². The molecule has 1 saturated carbocycles. The number of ether oxygens (including phenoxy) is 1. The summed E-state index contributed by atoms with van der Waals surface area (Å²) in [5, 5.41) is 2.69. The number of likely N-dealkylation sites (tertiary alicyclic amines) is 1. The van der Waals surface area contributed by atoms with Gasteiger partial charge in [0.05, 0.1) is 12.5 Å². The molecule has 0 aromatic heterocycles. The van der Waals surface area contributed by atoms with Crippen molar-refractivity contribution in [1.82, 2.24) is 10.2 Å². The molecule has 0 radical (unpaired) electrons. The lowest BCUT2D eigenvalue weighted by Gasteiger charge is -2.36. The number of nitrogens with zero attached hydrogens (tertiary/aromatic N) is 1.